The van der Waals surface area contributed by atoms with Gasteiger partial charge in [0.2, 0.25) is 0 Å². The van der Waals surface area contributed by atoms with Crippen molar-refractivity contribution in [3.05, 3.63) is 58.4 Å². The minimum Gasteiger partial charge on any atom is -0.497 e. The molecule has 6 nitrogen and oxygen atoms in total. The van der Waals surface area contributed by atoms with E-state index in [-0.39, 0.29) is 12.7 Å². The van der Waals surface area contributed by atoms with Gasteiger partial charge in [0.05, 0.1) is 18.8 Å². The van der Waals surface area contributed by atoms with Crippen LogP contribution in [-0.2, 0) is 9.53 Å². The molecule has 0 spiro atoms. The van der Waals surface area contributed by atoms with E-state index >= 15 is 0 Å². The number of benzene rings is 2. The van der Waals surface area contributed by atoms with Crippen LogP contribution in [0.5, 0.6) is 11.5 Å². The Morgan fingerprint density at radius 3 is 2.39 bits per heavy atom. The molecule has 0 aliphatic carbocycles. The Hall–Kier alpha value is -3.28. The first-order valence-electron chi connectivity index (χ1n) is 8.93. The van der Waals surface area contributed by atoms with Crippen molar-refractivity contribution in [2.24, 2.45) is 0 Å². The molecule has 0 saturated heterocycles. The van der Waals surface area contributed by atoms with Gasteiger partial charge in [-0.15, -0.1) is 0 Å². The number of rotatable bonds is 6. The van der Waals surface area contributed by atoms with Crippen molar-refractivity contribution in [2.75, 3.05) is 13.7 Å². The van der Waals surface area contributed by atoms with E-state index in [1.165, 1.54) is 0 Å². The SMILES string of the molecule is COc1ccc(-c2c(C)c3cc(OCC(=O)OC(C)C)ccc3oc2=O)cc1. The highest BCUT2D eigenvalue weighted by Crippen LogP contribution is 2.30. The van der Waals surface area contributed by atoms with Crippen LogP contribution in [0.15, 0.2) is 51.7 Å². The molecule has 3 rings (SSSR count). The molecule has 0 saturated carbocycles. The molecule has 0 unspecified atom stereocenters. The predicted molar refractivity (Wildman–Crippen MR) is 106 cm³/mol. The molecule has 0 bridgehead atoms. The summed E-state index contributed by atoms with van der Waals surface area (Å²) in [7, 11) is 1.59. The maximum Gasteiger partial charge on any atom is 0.344 e. The van der Waals surface area contributed by atoms with Crippen LogP contribution in [0, 0.1) is 6.92 Å². The van der Waals surface area contributed by atoms with Crippen molar-refractivity contribution >= 4 is 16.9 Å². The fourth-order valence-corrected chi connectivity index (χ4v) is 2.95. The van der Waals surface area contributed by atoms with Crippen molar-refractivity contribution in [1.82, 2.24) is 0 Å². The van der Waals surface area contributed by atoms with Crippen molar-refractivity contribution < 1.29 is 23.4 Å². The van der Waals surface area contributed by atoms with Crippen molar-refractivity contribution in [3.63, 3.8) is 0 Å². The molecule has 1 heterocycles. The van der Waals surface area contributed by atoms with Gasteiger partial charge in [-0.25, -0.2) is 9.59 Å². The van der Waals surface area contributed by atoms with Gasteiger partial charge in [-0.3, -0.25) is 0 Å². The van der Waals surface area contributed by atoms with Gasteiger partial charge in [-0.1, -0.05) is 12.1 Å². The van der Waals surface area contributed by atoms with E-state index in [2.05, 4.69) is 0 Å². The number of fused-ring (bicyclic) bond motifs is 1. The molecule has 0 fully saturated rings. The summed E-state index contributed by atoms with van der Waals surface area (Å²) in [5.74, 6) is 0.756. The first-order valence-corrected chi connectivity index (χ1v) is 8.93. The average molecular weight is 382 g/mol. The van der Waals surface area contributed by atoms with Gasteiger partial charge in [0.1, 0.15) is 17.1 Å². The maximum absolute atomic E-state index is 12.5. The molecular formula is C22H22O6. The first-order chi connectivity index (χ1) is 13.4. The lowest BCUT2D eigenvalue weighted by molar-refractivity contribution is -0.149. The second kappa shape index (κ2) is 8.17. The van der Waals surface area contributed by atoms with Crippen molar-refractivity contribution in [2.45, 2.75) is 26.9 Å². The van der Waals surface area contributed by atoms with E-state index in [0.29, 0.717) is 22.6 Å². The number of methoxy groups -OCH3 is 1. The minimum atomic E-state index is -0.440. The highest BCUT2D eigenvalue weighted by molar-refractivity contribution is 5.87. The van der Waals surface area contributed by atoms with E-state index < -0.39 is 11.6 Å². The van der Waals surface area contributed by atoms with Gasteiger partial charge < -0.3 is 18.6 Å². The zero-order valence-electron chi connectivity index (χ0n) is 16.3. The number of hydrogen-bond acceptors (Lipinski definition) is 6. The molecule has 3 aromatic rings. The van der Waals surface area contributed by atoms with Gasteiger partial charge in [0.25, 0.3) is 0 Å². The largest absolute Gasteiger partial charge is 0.497 e. The molecule has 0 aliphatic rings. The molecule has 0 aliphatic heterocycles. The molecule has 28 heavy (non-hydrogen) atoms. The van der Waals surface area contributed by atoms with Crippen molar-refractivity contribution in [1.29, 1.82) is 0 Å². The van der Waals surface area contributed by atoms with Crippen LogP contribution in [0.1, 0.15) is 19.4 Å². The Morgan fingerprint density at radius 2 is 1.75 bits per heavy atom. The van der Waals surface area contributed by atoms with Crippen LogP contribution in [-0.4, -0.2) is 25.8 Å². The number of esters is 1. The molecule has 0 radical (unpaired) electrons. The quantitative estimate of drug-likeness (QED) is 0.472. The fourth-order valence-electron chi connectivity index (χ4n) is 2.95. The number of carbonyl (C=O) groups excluding carboxylic acids is 1. The van der Waals surface area contributed by atoms with Crippen LogP contribution >= 0.6 is 0 Å². The van der Waals surface area contributed by atoms with Gasteiger partial charge in [-0.05, 0) is 62.2 Å². The first kappa shape index (κ1) is 19.5. The zero-order chi connectivity index (χ0) is 20.3. The molecule has 6 heteroatoms. The molecule has 146 valence electrons. The number of carbonyl (C=O) groups is 1. The second-order valence-electron chi connectivity index (χ2n) is 6.60. The van der Waals surface area contributed by atoms with E-state index in [1.807, 2.05) is 19.1 Å². The van der Waals surface area contributed by atoms with Crippen LogP contribution in [0.4, 0.5) is 0 Å². The summed E-state index contributed by atoms with van der Waals surface area (Å²) in [4.78, 5) is 24.2. The van der Waals surface area contributed by atoms with Crippen LogP contribution in [0.3, 0.4) is 0 Å². The van der Waals surface area contributed by atoms with E-state index in [0.717, 1.165) is 16.5 Å². The summed E-state index contributed by atoms with van der Waals surface area (Å²) in [6.45, 7) is 5.22. The summed E-state index contributed by atoms with van der Waals surface area (Å²) in [6.07, 6.45) is -0.198. The molecule has 0 amide bonds. The summed E-state index contributed by atoms with van der Waals surface area (Å²) >= 11 is 0. The Morgan fingerprint density at radius 1 is 1.07 bits per heavy atom. The summed E-state index contributed by atoms with van der Waals surface area (Å²) in [5.41, 5.74) is 2.03. The van der Waals surface area contributed by atoms with Crippen molar-refractivity contribution in [3.8, 4) is 22.6 Å². The predicted octanol–water partition coefficient (Wildman–Crippen LogP) is 4.11. The summed E-state index contributed by atoms with van der Waals surface area (Å²) in [5, 5.41) is 0.736. The normalized spacial score (nSPS) is 10.9. The zero-order valence-corrected chi connectivity index (χ0v) is 16.3. The standard InChI is InChI=1S/C22H22O6/c1-13(2)27-20(23)12-26-17-9-10-19-18(11-17)14(3)21(22(24)28-19)15-5-7-16(25-4)8-6-15/h5-11,13H,12H2,1-4H3. The monoisotopic (exact) mass is 382 g/mol. The van der Waals surface area contributed by atoms with Crippen LogP contribution < -0.4 is 15.1 Å². The maximum atomic E-state index is 12.5. The lowest BCUT2D eigenvalue weighted by atomic mass is 9.99. The van der Waals surface area contributed by atoms with E-state index in [1.54, 1.807) is 51.3 Å². The van der Waals surface area contributed by atoms with Crippen LogP contribution in [0.25, 0.3) is 22.1 Å². The smallest absolute Gasteiger partial charge is 0.344 e. The molecular weight excluding hydrogens is 360 g/mol. The van der Waals surface area contributed by atoms with Gasteiger partial charge in [0, 0.05) is 5.39 Å². The Kier molecular flexibility index (Phi) is 5.68. The number of ether oxygens (including phenoxy) is 3. The Bertz CT molecular complexity index is 1050. The Balaban J connectivity index is 1.96. The third-order valence-corrected chi connectivity index (χ3v) is 4.24. The summed E-state index contributed by atoms with van der Waals surface area (Å²) < 4.78 is 21.2. The highest BCUT2D eigenvalue weighted by atomic mass is 16.6. The molecule has 0 N–H and O–H groups in total. The van der Waals surface area contributed by atoms with Gasteiger partial charge in [0.15, 0.2) is 6.61 Å². The van der Waals surface area contributed by atoms with E-state index in [4.69, 9.17) is 18.6 Å². The fraction of sp³-hybridized carbons (Fsp3) is 0.273. The minimum absolute atomic E-state index is 0.190. The third-order valence-electron chi connectivity index (χ3n) is 4.24. The molecule has 2 aromatic carbocycles. The van der Waals surface area contributed by atoms with Gasteiger partial charge in [-0.2, -0.15) is 0 Å². The average Bonchev–Trinajstić information content (AvgIpc) is 2.66. The second-order valence-corrected chi connectivity index (χ2v) is 6.60. The summed E-state index contributed by atoms with van der Waals surface area (Å²) in [6, 6.07) is 12.3. The third kappa shape index (κ3) is 4.17. The van der Waals surface area contributed by atoms with Gasteiger partial charge >= 0.3 is 11.6 Å². The molecule has 1 aromatic heterocycles. The lowest BCUT2D eigenvalue weighted by Gasteiger charge is -2.11. The van der Waals surface area contributed by atoms with Crippen LogP contribution in [0.2, 0.25) is 0 Å². The molecule has 0 atom stereocenters. The number of hydrogen-bond donors (Lipinski definition) is 0. The highest BCUT2D eigenvalue weighted by Gasteiger charge is 2.15. The Labute approximate surface area is 162 Å². The number of aryl methyl sites for hydroxylation is 1. The topological polar surface area (TPSA) is 75.0 Å². The van der Waals surface area contributed by atoms with E-state index in [9.17, 15) is 9.59 Å². The lowest BCUT2D eigenvalue weighted by Crippen LogP contribution is -2.18.